The predicted octanol–water partition coefficient (Wildman–Crippen LogP) is 2.21. The quantitative estimate of drug-likeness (QED) is 0.606. The van der Waals surface area contributed by atoms with E-state index in [0.717, 1.165) is 22.9 Å². The minimum Gasteiger partial charge on any atom is -0.285 e. The molecule has 14 heavy (non-hydrogen) atoms. The Morgan fingerprint density at radius 2 is 1.43 bits per heavy atom. The van der Waals surface area contributed by atoms with E-state index in [0.29, 0.717) is 0 Å². The molecule has 0 radical (unpaired) electrons. The summed E-state index contributed by atoms with van der Waals surface area (Å²) in [5.74, 6) is 1.86. The van der Waals surface area contributed by atoms with Crippen LogP contribution in [0.25, 0.3) is 0 Å². The van der Waals surface area contributed by atoms with Crippen LogP contribution in [-0.2, 0) is 11.5 Å². The van der Waals surface area contributed by atoms with E-state index in [1.165, 1.54) is 0 Å². The molecule has 6 heteroatoms. The first-order valence-corrected chi connectivity index (χ1v) is 6.65. The van der Waals surface area contributed by atoms with Crippen molar-refractivity contribution < 1.29 is 0 Å². The summed E-state index contributed by atoms with van der Waals surface area (Å²) in [4.78, 5) is 0. The monoisotopic (exact) mass is 226 g/mol. The Labute approximate surface area is 89.7 Å². The van der Waals surface area contributed by atoms with Crippen LogP contribution < -0.4 is 0 Å². The van der Waals surface area contributed by atoms with Gasteiger partial charge in [0.2, 0.25) is 0 Å². The van der Waals surface area contributed by atoms with Crippen LogP contribution in [0.15, 0.2) is 24.5 Å². The van der Waals surface area contributed by atoms with Gasteiger partial charge in [0.05, 0.1) is 11.4 Å². The van der Waals surface area contributed by atoms with E-state index in [2.05, 4.69) is 20.4 Å². The maximum absolute atomic E-state index is 4.07. The molecular weight excluding hydrogens is 216 g/mol. The lowest BCUT2D eigenvalue weighted by Gasteiger charge is -1.95. The SMILES string of the molecule is c1cc(CSSCc2cc[nH]n2)n[nH]1. The highest BCUT2D eigenvalue weighted by molar-refractivity contribution is 8.76. The van der Waals surface area contributed by atoms with E-state index in [1.54, 1.807) is 21.6 Å². The number of rotatable bonds is 5. The lowest BCUT2D eigenvalue weighted by Crippen LogP contribution is -1.80. The van der Waals surface area contributed by atoms with E-state index in [9.17, 15) is 0 Å². The van der Waals surface area contributed by atoms with E-state index >= 15 is 0 Å². The Hall–Kier alpha value is -0.880. The Kier molecular flexibility index (Phi) is 3.53. The van der Waals surface area contributed by atoms with Crippen molar-refractivity contribution in [2.24, 2.45) is 0 Å². The molecule has 0 aliphatic rings. The van der Waals surface area contributed by atoms with Crippen molar-refractivity contribution in [1.29, 1.82) is 0 Å². The van der Waals surface area contributed by atoms with Gasteiger partial charge in [0, 0.05) is 23.9 Å². The number of nitrogens with zero attached hydrogens (tertiary/aromatic N) is 2. The van der Waals surface area contributed by atoms with E-state index in [-0.39, 0.29) is 0 Å². The maximum atomic E-state index is 4.07. The Morgan fingerprint density at radius 3 is 1.79 bits per heavy atom. The van der Waals surface area contributed by atoms with Crippen molar-refractivity contribution in [3.63, 3.8) is 0 Å². The van der Waals surface area contributed by atoms with Gasteiger partial charge in [-0.3, -0.25) is 10.2 Å². The minimum absolute atomic E-state index is 0.929. The molecule has 4 nitrogen and oxygen atoms in total. The minimum atomic E-state index is 0.929. The van der Waals surface area contributed by atoms with Crippen LogP contribution in [-0.4, -0.2) is 20.4 Å². The van der Waals surface area contributed by atoms with Crippen LogP contribution in [0.2, 0.25) is 0 Å². The predicted molar refractivity (Wildman–Crippen MR) is 59.8 cm³/mol. The summed E-state index contributed by atoms with van der Waals surface area (Å²) in [5, 5.41) is 13.7. The lowest BCUT2D eigenvalue weighted by atomic mass is 10.5. The summed E-state index contributed by atoms with van der Waals surface area (Å²) in [6.45, 7) is 0. The van der Waals surface area contributed by atoms with Crippen LogP contribution in [0.3, 0.4) is 0 Å². The van der Waals surface area contributed by atoms with Crippen LogP contribution >= 0.6 is 21.6 Å². The molecule has 74 valence electrons. The van der Waals surface area contributed by atoms with Gasteiger partial charge >= 0.3 is 0 Å². The molecule has 0 saturated heterocycles. The standard InChI is InChI=1S/C8H10N4S2/c1-3-9-11-7(1)5-13-14-6-8-2-4-10-12-8/h1-4H,5-6H2,(H,9,11)(H,10,12). The average molecular weight is 226 g/mol. The third-order valence-electron chi connectivity index (χ3n) is 1.61. The summed E-state index contributed by atoms with van der Waals surface area (Å²) in [7, 11) is 3.58. The molecule has 2 rings (SSSR count). The van der Waals surface area contributed by atoms with Gasteiger partial charge in [0.15, 0.2) is 0 Å². The molecule has 0 unspecified atom stereocenters. The van der Waals surface area contributed by atoms with Crippen molar-refractivity contribution in [3.05, 3.63) is 35.9 Å². The second-order valence-corrected chi connectivity index (χ2v) is 5.12. The highest BCUT2D eigenvalue weighted by atomic mass is 33.1. The molecule has 0 aliphatic heterocycles. The Bertz CT molecular complexity index is 307. The summed E-state index contributed by atoms with van der Waals surface area (Å²) in [6, 6.07) is 3.98. The molecule has 0 bridgehead atoms. The lowest BCUT2D eigenvalue weighted by molar-refractivity contribution is 1.04. The second-order valence-electron chi connectivity index (χ2n) is 2.66. The third kappa shape index (κ3) is 2.81. The molecule has 2 aromatic rings. The van der Waals surface area contributed by atoms with Crippen LogP contribution in [0.4, 0.5) is 0 Å². The third-order valence-corrected chi connectivity index (χ3v) is 3.81. The normalized spacial score (nSPS) is 10.6. The number of aromatic nitrogens is 4. The summed E-state index contributed by atoms with van der Waals surface area (Å²) >= 11 is 0. The largest absolute Gasteiger partial charge is 0.285 e. The van der Waals surface area contributed by atoms with Gasteiger partial charge in [0.25, 0.3) is 0 Å². The summed E-state index contributed by atoms with van der Waals surface area (Å²) in [5.41, 5.74) is 2.18. The first-order valence-electron chi connectivity index (χ1n) is 4.17. The van der Waals surface area contributed by atoms with Crippen molar-refractivity contribution in [1.82, 2.24) is 20.4 Å². The molecular formula is C8H10N4S2. The maximum Gasteiger partial charge on any atom is 0.0729 e. The summed E-state index contributed by atoms with van der Waals surface area (Å²) in [6.07, 6.45) is 3.68. The van der Waals surface area contributed by atoms with Gasteiger partial charge in [0.1, 0.15) is 0 Å². The van der Waals surface area contributed by atoms with Crippen molar-refractivity contribution in [3.8, 4) is 0 Å². The molecule has 2 aromatic heterocycles. The Morgan fingerprint density at radius 1 is 0.929 bits per heavy atom. The molecule has 0 amide bonds. The van der Waals surface area contributed by atoms with Crippen molar-refractivity contribution >= 4 is 21.6 Å². The topological polar surface area (TPSA) is 57.4 Å². The van der Waals surface area contributed by atoms with E-state index < -0.39 is 0 Å². The molecule has 2 heterocycles. The number of H-pyrrole nitrogens is 2. The second kappa shape index (κ2) is 5.11. The van der Waals surface area contributed by atoms with Gasteiger partial charge < -0.3 is 0 Å². The molecule has 2 N–H and O–H groups in total. The number of hydrogen-bond acceptors (Lipinski definition) is 4. The molecule has 0 aromatic carbocycles. The van der Waals surface area contributed by atoms with Crippen molar-refractivity contribution in [2.45, 2.75) is 11.5 Å². The van der Waals surface area contributed by atoms with Gasteiger partial charge in [-0.15, -0.1) is 0 Å². The first kappa shape index (κ1) is 9.67. The van der Waals surface area contributed by atoms with E-state index in [4.69, 9.17) is 0 Å². The first-order chi connectivity index (χ1) is 6.95. The fourth-order valence-corrected chi connectivity index (χ4v) is 2.90. The smallest absolute Gasteiger partial charge is 0.0729 e. The number of hydrogen-bond donors (Lipinski definition) is 2. The fourth-order valence-electron chi connectivity index (χ4n) is 0.947. The fraction of sp³-hybridized carbons (Fsp3) is 0.250. The van der Waals surface area contributed by atoms with Crippen LogP contribution in [0, 0.1) is 0 Å². The highest BCUT2D eigenvalue weighted by Crippen LogP contribution is 2.27. The molecule has 0 fully saturated rings. The Balaban J connectivity index is 1.65. The van der Waals surface area contributed by atoms with E-state index in [1.807, 2.05) is 24.5 Å². The molecule has 0 spiro atoms. The summed E-state index contributed by atoms with van der Waals surface area (Å²) < 4.78 is 0. The van der Waals surface area contributed by atoms with Gasteiger partial charge in [-0.2, -0.15) is 10.2 Å². The zero-order valence-electron chi connectivity index (χ0n) is 7.43. The highest BCUT2D eigenvalue weighted by Gasteiger charge is 1.98. The van der Waals surface area contributed by atoms with Gasteiger partial charge in [-0.1, -0.05) is 21.6 Å². The van der Waals surface area contributed by atoms with Gasteiger partial charge in [-0.25, -0.2) is 0 Å². The van der Waals surface area contributed by atoms with Crippen molar-refractivity contribution in [2.75, 3.05) is 0 Å². The average Bonchev–Trinajstić information content (AvgIpc) is 2.86. The molecule has 0 saturated carbocycles. The van der Waals surface area contributed by atoms with Crippen LogP contribution in [0.1, 0.15) is 11.4 Å². The number of nitrogens with one attached hydrogen (secondary N) is 2. The molecule has 0 atom stereocenters. The zero-order valence-corrected chi connectivity index (χ0v) is 9.07. The van der Waals surface area contributed by atoms with Gasteiger partial charge in [-0.05, 0) is 12.1 Å². The van der Waals surface area contributed by atoms with Crippen LogP contribution in [0.5, 0.6) is 0 Å². The number of aromatic amines is 2. The molecule has 0 aliphatic carbocycles. The zero-order chi connectivity index (χ0) is 9.64.